The molecule has 1 unspecified atom stereocenters. The van der Waals surface area contributed by atoms with Crippen LogP contribution in [-0.4, -0.2) is 42.1 Å². The lowest BCUT2D eigenvalue weighted by Crippen LogP contribution is -2.44. The minimum Gasteiger partial charge on any atom is -0.489 e. The van der Waals surface area contributed by atoms with Crippen molar-refractivity contribution in [3.8, 4) is 5.75 Å². The van der Waals surface area contributed by atoms with E-state index in [2.05, 4.69) is 4.98 Å². The van der Waals surface area contributed by atoms with Crippen molar-refractivity contribution in [2.24, 2.45) is 0 Å². The van der Waals surface area contributed by atoms with Gasteiger partial charge in [0.15, 0.2) is 6.10 Å². The molecule has 1 aromatic carbocycles. The zero-order valence-corrected chi connectivity index (χ0v) is 13.8. The quantitative estimate of drug-likeness (QED) is 0.848. The van der Waals surface area contributed by atoms with Gasteiger partial charge < -0.3 is 14.4 Å². The maximum Gasteiger partial charge on any atom is 0.256 e. The van der Waals surface area contributed by atoms with Gasteiger partial charge in [-0.3, -0.25) is 9.78 Å². The largest absolute Gasteiger partial charge is 0.489 e. The number of carbonyl (C=O) groups is 1. The molecule has 1 aromatic heterocycles. The Morgan fingerprint density at radius 3 is 2.54 bits per heavy atom. The molecule has 1 saturated heterocycles. The summed E-state index contributed by atoms with van der Waals surface area (Å²) < 4.78 is 11.4. The van der Waals surface area contributed by atoms with Crippen LogP contribution in [0.25, 0.3) is 0 Å². The van der Waals surface area contributed by atoms with E-state index in [-0.39, 0.29) is 12.0 Å². The molecule has 1 aliphatic heterocycles. The van der Waals surface area contributed by atoms with Gasteiger partial charge in [-0.15, -0.1) is 0 Å². The van der Waals surface area contributed by atoms with Gasteiger partial charge in [-0.1, -0.05) is 30.3 Å². The molecular weight excluding hydrogens is 304 g/mol. The Labute approximate surface area is 142 Å². The van der Waals surface area contributed by atoms with E-state index in [0.29, 0.717) is 13.1 Å². The number of rotatable bonds is 5. The lowest BCUT2D eigenvalue weighted by molar-refractivity contribution is -0.144. The third-order valence-corrected chi connectivity index (χ3v) is 4.25. The fraction of sp³-hybridized carbons (Fsp3) is 0.368. The lowest BCUT2D eigenvalue weighted by atomic mass is 10.0. The first kappa shape index (κ1) is 16.5. The summed E-state index contributed by atoms with van der Waals surface area (Å²) in [7, 11) is 1.58. The Balaban J connectivity index is 1.56. The molecular formula is C19H22N2O3. The molecule has 0 bridgehead atoms. The summed E-state index contributed by atoms with van der Waals surface area (Å²) in [6.45, 7) is 1.35. The van der Waals surface area contributed by atoms with Crippen molar-refractivity contribution in [1.29, 1.82) is 0 Å². The Hall–Kier alpha value is -2.40. The summed E-state index contributed by atoms with van der Waals surface area (Å²) in [6.07, 6.45) is 4.65. The van der Waals surface area contributed by atoms with Crippen molar-refractivity contribution in [1.82, 2.24) is 9.88 Å². The number of methoxy groups -OCH3 is 1. The molecule has 5 heteroatoms. The third kappa shape index (κ3) is 3.92. The van der Waals surface area contributed by atoms with Crippen LogP contribution in [0.3, 0.4) is 0 Å². The van der Waals surface area contributed by atoms with Crippen LogP contribution < -0.4 is 4.74 Å². The predicted octanol–water partition coefficient (Wildman–Crippen LogP) is 2.84. The van der Waals surface area contributed by atoms with Crippen LogP contribution in [0.1, 0.15) is 24.5 Å². The average molecular weight is 326 g/mol. The molecule has 2 heterocycles. The zero-order valence-electron chi connectivity index (χ0n) is 13.8. The van der Waals surface area contributed by atoms with Crippen molar-refractivity contribution in [2.75, 3.05) is 20.2 Å². The number of pyridine rings is 1. The SMILES string of the molecule is COC(C(=O)N1CCC(Oc2cccnc2)CC1)c1ccccc1. The number of nitrogens with zero attached hydrogens (tertiary/aromatic N) is 2. The van der Waals surface area contributed by atoms with Crippen molar-refractivity contribution >= 4 is 5.91 Å². The van der Waals surface area contributed by atoms with Crippen LogP contribution >= 0.6 is 0 Å². The van der Waals surface area contributed by atoms with Crippen LogP contribution in [-0.2, 0) is 9.53 Å². The third-order valence-electron chi connectivity index (χ3n) is 4.25. The second-order valence-electron chi connectivity index (χ2n) is 5.86. The molecule has 1 aliphatic rings. The topological polar surface area (TPSA) is 51.7 Å². The van der Waals surface area contributed by atoms with Crippen molar-refractivity contribution < 1.29 is 14.3 Å². The maximum atomic E-state index is 12.7. The first-order valence-corrected chi connectivity index (χ1v) is 8.21. The Bertz CT molecular complexity index is 640. The molecule has 1 atom stereocenters. The highest BCUT2D eigenvalue weighted by molar-refractivity contribution is 5.82. The number of benzene rings is 1. The summed E-state index contributed by atoms with van der Waals surface area (Å²) in [5.41, 5.74) is 0.888. The van der Waals surface area contributed by atoms with Gasteiger partial charge in [-0.25, -0.2) is 0 Å². The molecule has 0 radical (unpaired) electrons. The lowest BCUT2D eigenvalue weighted by Gasteiger charge is -2.34. The number of carbonyl (C=O) groups excluding carboxylic acids is 1. The smallest absolute Gasteiger partial charge is 0.256 e. The van der Waals surface area contributed by atoms with Crippen LogP contribution in [0.5, 0.6) is 5.75 Å². The second kappa shape index (κ2) is 7.93. The summed E-state index contributed by atoms with van der Waals surface area (Å²) in [6, 6.07) is 13.4. The summed E-state index contributed by atoms with van der Waals surface area (Å²) in [5, 5.41) is 0. The number of ether oxygens (including phenoxy) is 2. The molecule has 24 heavy (non-hydrogen) atoms. The number of aromatic nitrogens is 1. The molecule has 0 N–H and O–H groups in total. The van der Waals surface area contributed by atoms with Gasteiger partial charge in [0.25, 0.3) is 5.91 Å². The second-order valence-corrected chi connectivity index (χ2v) is 5.86. The molecule has 1 amide bonds. The molecule has 1 fully saturated rings. The summed E-state index contributed by atoms with van der Waals surface area (Å²) in [4.78, 5) is 18.7. The first-order valence-electron chi connectivity index (χ1n) is 8.21. The van der Waals surface area contributed by atoms with Crippen LogP contribution in [0.2, 0.25) is 0 Å². The van der Waals surface area contributed by atoms with Gasteiger partial charge in [0.2, 0.25) is 0 Å². The molecule has 3 rings (SSSR count). The summed E-state index contributed by atoms with van der Waals surface area (Å²) >= 11 is 0. The number of piperidine rings is 1. The normalized spacial score (nSPS) is 16.6. The highest BCUT2D eigenvalue weighted by atomic mass is 16.5. The van der Waals surface area contributed by atoms with Gasteiger partial charge in [0.05, 0.1) is 6.20 Å². The first-order chi connectivity index (χ1) is 11.8. The monoisotopic (exact) mass is 326 g/mol. The number of amides is 1. The summed E-state index contributed by atoms with van der Waals surface area (Å²) in [5.74, 6) is 0.796. The van der Waals surface area contributed by atoms with Gasteiger partial charge in [0.1, 0.15) is 11.9 Å². The molecule has 126 valence electrons. The van der Waals surface area contributed by atoms with Crippen LogP contribution in [0.4, 0.5) is 0 Å². The number of hydrogen-bond acceptors (Lipinski definition) is 4. The standard InChI is InChI=1S/C19H22N2O3/c1-23-18(15-6-3-2-4-7-15)19(22)21-12-9-16(10-13-21)24-17-8-5-11-20-14-17/h2-8,11,14,16,18H,9-10,12-13H2,1H3. The van der Waals surface area contributed by atoms with Gasteiger partial charge >= 0.3 is 0 Å². The van der Waals surface area contributed by atoms with E-state index in [0.717, 1.165) is 24.2 Å². The van der Waals surface area contributed by atoms with E-state index >= 15 is 0 Å². The number of hydrogen-bond donors (Lipinski definition) is 0. The Kier molecular flexibility index (Phi) is 5.43. The Morgan fingerprint density at radius 1 is 1.17 bits per heavy atom. The molecule has 0 saturated carbocycles. The molecule has 0 aliphatic carbocycles. The molecule has 5 nitrogen and oxygen atoms in total. The van der Waals surface area contributed by atoms with Crippen molar-refractivity contribution in [3.05, 3.63) is 60.4 Å². The van der Waals surface area contributed by atoms with E-state index in [1.54, 1.807) is 19.5 Å². The van der Waals surface area contributed by atoms with Crippen molar-refractivity contribution in [3.63, 3.8) is 0 Å². The minimum absolute atomic E-state index is 0.0172. The van der Waals surface area contributed by atoms with E-state index in [4.69, 9.17) is 9.47 Å². The fourth-order valence-electron chi connectivity index (χ4n) is 2.98. The Morgan fingerprint density at radius 2 is 1.92 bits per heavy atom. The van der Waals surface area contributed by atoms with E-state index in [1.807, 2.05) is 47.4 Å². The fourth-order valence-corrected chi connectivity index (χ4v) is 2.98. The van der Waals surface area contributed by atoms with Crippen LogP contribution in [0, 0.1) is 0 Å². The van der Waals surface area contributed by atoms with Gasteiger partial charge in [-0.2, -0.15) is 0 Å². The van der Waals surface area contributed by atoms with Crippen molar-refractivity contribution in [2.45, 2.75) is 25.0 Å². The van der Waals surface area contributed by atoms with Crippen LogP contribution in [0.15, 0.2) is 54.9 Å². The van der Waals surface area contributed by atoms with Gasteiger partial charge in [0, 0.05) is 39.2 Å². The molecule has 0 spiro atoms. The van der Waals surface area contributed by atoms with Gasteiger partial charge in [-0.05, 0) is 17.7 Å². The molecule has 2 aromatic rings. The highest BCUT2D eigenvalue weighted by Gasteiger charge is 2.29. The minimum atomic E-state index is -0.540. The highest BCUT2D eigenvalue weighted by Crippen LogP contribution is 2.23. The van der Waals surface area contributed by atoms with E-state index in [1.165, 1.54) is 0 Å². The predicted molar refractivity (Wildman–Crippen MR) is 90.7 cm³/mol. The number of likely N-dealkylation sites (tertiary alicyclic amines) is 1. The van der Waals surface area contributed by atoms with E-state index in [9.17, 15) is 4.79 Å². The van der Waals surface area contributed by atoms with E-state index < -0.39 is 6.10 Å². The maximum absolute atomic E-state index is 12.7. The average Bonchev–Trinajstić information content (AvgIpc) is 2.65. The zero-order chi connectivity index (χ0) is 16.8.